The number of carbonyl (C=O) groups excluding carboxylic acids is 1. The monoisotopic (exact) mass is 285 g/mol. The molecule has 1 heterocycles. The van der Waals surface area contributed by atoms with E-state index in [-0.39, 0.29) is 24.5 Å². The number of carbonyl (C=O) groups is 2. The molecule has 20 heavy (non-hydrogen) atoms. The molecule has 0 aromatic rings. The maximum Gasteiger partial charge on any atom is 0.305 e. The zero-order valence-electron chi connectivity index (χ0n) is 13.0. The summed E-state index contributed by atoms with van der Waals surface area (Å²) in [4.78, 5) is 25.1. The molecule has 0 aromatic heterocycles. The van der Waals surface area contributed by atoms with Crippen LogP contribution in [0.5, 0.6) is 0 Å². The summed E-state index contributed by atoms with van der Waals surface area (Å²) in [5, 5.41) is 8.97. The Morgan fingerprint density at radius 2 is 2.05 bits per heavy atom. The molecule has 1 aliphatic heterocycles. The van der Waals surface area contributed by atoms with Gasteiger partial charge in [0.25, 0.3) is 0 Å². The Kier molecular flexibility index (Phi) is 6.46. The van der Waals surface area contributed by atoms with E-state index in [9.17, 15) is 9.59 Å². The Morgan fingerprint density at radius 3 is 2.50 bits per heavy atom. The zero-order chi connectivity index (χ0) is 15.3. The van der Waals surface area contributed by atoms with Crippen LogP contribution in [0.4, 0.5) is 0 Å². The molecule has 1 rings (SSSR count). The number of likely N-dealkylation sites (tertiary alicyclic amines) is 1. The molecule has 1 amide bonds. The Hall–Kier alpha value is -1.10. The Balaban J connectivity index is 2.69. The minimum atomic E-state index is -0.861. The summed E-state index contributed by atoms with van der Waals surface area (Å²) in [5.41, 5.74) is 0. The van der Waals surface area contributed by atoms with E-state index in [1.54, 1.807) is 12.0 Å². The molecule has 0 saturated carbocycles. The van der Waals surface area contributed by atoms with E-state index in [4.69, 9.17) is 9.84 Å². The molecule has 3 atom stereocenters. The lowest BCUT2D eigenvalue weighted by Crippen LogP contribution is -2.38. The first-order valence-corrected chi connectivity index (χ1v) is 7.43. The molecule has 0 aliphatic carbocycles. The highest BCUT2D eigenvalue weighted by Gasteiger charge is 2.37. The molecule has 3 unspecified atom stereocenters. The van der Waals surface area contributed by atoms with Gasteiger partial charge in [-0.2, -0.15) is 0 Å². The summed E-state index contributed by atoms with van der Waals surface area (Å²) in [6.07, 6.45) is 2.05. The first-order valence-electron chi connectivity index (χ1n) is 7.43. The van der Waals surface area contributed by atoms with Crippen LogP contribution in [-0.2, 0) is 14.3 Å². The number of aliphatic carboxylic acids is 1. The van der Waals surface area contributed by atoms with E-state index in [2.05, 4.69) is 20.8 Å². The van der Waals surface area contributed by atoms with Crippen LogP contribution < -0.4 is 0 Å². The van der Waals surface area contributed by atoms with Crippen LogP contribution >= 0.6 is 0 Å². The molecule has 0 aromatic carbocycles. The minimum Gasteiger partial charge on any atom is -0.481 e. The summed E-state index contributed by atoms with van der Waals surface area (Å²) in [5.74, 6) is 0.0223. The molecule has 0 spiro atoms. The van der Waals surface area contributed by atoms with Crippen LogP contribution in [0.15, 0.2) is 0 Å². The summed E-state index contributed by atoms with van der Waals surface area (Å²) < 4.78 is 5.30. The van der Waals surface area contributed by atoms with Gasteiger partial charge in [-0.15, -0.1) is 0 Å². The Morgan fingerprint density at radius 1 is 1.40 bits per heavy atom. The van der Waals surface area contributed by atoms with Crippen molar-refractivity contribution >= 4 is 11.9 Å². The molecule has 116 valence electrons. The number of ether oxygens (including phenoxy) is 1. The van der Waals surface area contributed by atoms with Crippen molar-refractivity contribution in [1.82, 2.24) is 4.90 Å². The van der Waals surface area contributed by atoms with Gasteiger partial charge < -0.3 is 14.7 Å². The van der Waals surface area contributed by atoms with Crippen molar-refractivity contribution in [2.24, 2.45) is 11.8 Å². The Bertz CT molecular complexity index is 343. The summed E-state index contributed by atoms with van der Waals surface area (Å²) in [6.45, 7) is 6.85. The van der Waals surface area contributed by atoms with Crippen molar-refractivity contribution in [1.29, 1.82) is 0 Å². The molecule has 1 aliphatic rings. The van der Waals surface area contributed by atoms with Crippen LogP contribution in [0, 0.1) is 11.8 Å². The van der Waals surface area contributed by atoms with Gasteiger partial charge in [-0.25, -0.2) is 0 Å². The predicted octanol–water partition coefficient (Wildman–Crippen LogP) is 2.15. The van der Waals surface area contributed by atoms with Crippen LogP contribution in [0.2, 0.25) is 0 Å². The van der Waals surface area contributed by atoms with Gasteiger partial charge in [-0.05, 0) is 18.3 Å². The number of nitrogens with zero attached hydrogens (tertiary/aromatic N) is 1. The van der Waals surface area contributed by atoms with E-state index in [1.165, 1.54) is 0 Å². The van der Waals surface area contributed by atoms with Gasteiger partial charge in [0.2, 0.25) is 5.91 Å². The zero-order valence-corrected chi connectivity index (χ0v) is 13.0. The second kappa shape index (κ2) is 7.62. The topological polar surface area (TPSA) is 66.8 Å². The number of methoxy groups -OCH3 is 1. The molecule has 0 bridgehead atoms. The second-order valence-electron chi connectivity index (χ2n) is 6.01. The van der Waals surface area contributed by atoms with Gasteiger partial charge in [-0.1, -0.05) is 27.2 Å². The standard InChI is InChI=1S/C15H27NO4/c1-5-11(10(2)3)6-14(17)16-9-13(20-4)7-12(16)8-15(18)19/h10-13H,5-9H2,1-4H3,(H,18,19). The highest BCUT2D eigenvalue weighted by molar-refractivity contribution is 5.78. The maximum atomic E-state index is 12.4. The molecule has 5 heteroatoms. The van der Waals surface area contributed by atoms with Crippen molar-refractivity contribution in [3.05, 3.63) is 0 Å². The van der Waals surface area contributed by atoms with E-state index < -0.39 is 5.97 Å². The molecular formula is C15H27NO4. The highest BCUT2D eigenvalue weighted by Crippen LogP contribution is 2.26. The van der Waals surface area contributed by atoms with Crippen molar-refractivity contribution < 1.29 is 19.4 Å². The van der Waals surface area contributed by atoms with Crippen molar-refractivity contribution in [3.63, 3.8) is 0 Å². The lowest BCUT2D eigenvalue weighted by molar-refractivity contribution is -0.140. The second-order valence-corrected chi connectivity index (χ2v) is 6.01. The predicted molar refractivity (Wildman–Crippen MR) is 76.4 cm³/mol. The van der Waals surface area contributed by atoms with Crippen molar-refractivity contribution in [2.45, 2.75) is 58.6 Å². The van der Waals surface area contributed by atoms with Gasteiger partial charge in [0.05, 0.1) is 12.5 Å². The smallest absolute Gasteiger partial charge is 0.305 e. The maximum absolute atomic E-state index is 12.4. The summed E-state index contributed by atoms with van der Waals surface area (Å²) in [6, 6.07) is -0.227. The molecule has 1 saturated heterocycles. The lowest BCUT2D eigenvalue weighted by Gasteiger charge is -2.26. The molecule has 1 fully saturated rings. The van der Waals surface area contributed by atoms with Crippen LogP contribution in [0.1, 0.15) is 46.5 Å². The molecule has 1 N–H and O–H groups in total. The third-order valence-electron chi connectivity index (χ3n) is 4.34. The summed E-state index contributed by atoms with van der Waals surface area (Å²) in [7, 11) is 1.61. The number of hydrogen-bond donors (Lipinski definition) is 1. The number of amides is 1. The average Bonchev–Trinajstić information content (AvgIpc) is 2.77. The largest absolute Gasteiger partial charge is 0.481 e. The van der Waals surface area contributed by atoms with Gasteiger partial charge >= 0.3 is 5.97 Å². The number of carboxylic acid groups (broad SMARTS) is 1. The normalized spacial score (nSPS) is 24.1. The van der Waals surface area contributed by atoms with Crippen molar-refractivity contribution in [2.75, 3.05) is 13.7 Å². The van der Waals surface area contributed by atoms with Gasteiger partial charge in [0.1, 0.15) is 0 Å². The average molecular weight is 285 g/mol. The van der Waals surface area contributed by atoms with Crippen molar-refractivity contribution in [3.8, 4) is 0 Å². The number of rotatable bonds is 7. The van der Waals surface area contributed by atoms with Gasteiger partial charge in [0, 0.05) is 26.1 Å². The third-order valence-corrected chi connectivity index (χ3v) is 4.34. The molecule has 5 nitrogen and oxygen atoms in total. The van der Waals surface area contributed by atoms with E-state index in [1.807, 2.05) is 0 Å². The number of hydrogen-bond acceptors (Lipinski definition) is 3. The number of carboxylic acids is 1. The van der Waals surface area contributed by atoms with E-state index >= 15 is 0 Å². The lowest BCUT2D eigenvalue weighted by atomic mass is 9.89. The molecule has 0 radical (unpaired) electrons. The Labute approximate surface area is 121 Å². The SMILES string of the molecule is CCC(CC(=O)N1CC(OC)CC1CC(=O)O)C(C)C. The third kappa shape index (κ3) is 4.47. The van der Waals surface area contributed by atoms with Gasteiger partial charge in [-0.3, -0.25) is 9.59 Å². The van der Waals surface area contributed by atoms with Crippen LogP contribution in [0.25, 0.3) is 0 Å². The first kappa shape index (κ1) is 17.0. The van der Waals surface area contributed by atoms with Crippen LogP contribution in [-0.4, -0.2) is 47.7 Å². The quantitative estimate of drug-likeness (QED) is 0.778. The first-order chi connectivity index (χ1) is 9.38. The minimum absolute atomic E-state index is 0.00404. The fourth-order valence-electron chi connectivity index (χ4n) is 2.94. The van der Waals surface area contributed by atoms with E-state index in [0.29, 0.717) is 31.2 Å². The highest BCUT2D eigenvalue weighted by atomic mass is 16.5. The fraction of sp³-hybridized carbons (Fsp3) is 0.867. The van der Waals surface area contributed by atoms with Gasteiger partial charge in [0.15, 0.2) is 0 Å². The molecular weight excluding hydrogens is 258 g/mol. The summed E-state index contributed by atoms with van der Waals surface area (Å²) >= 11 is 0. The fourth-order valence-corrected chi connectivity index (χ4v) is 2.94. The van der Waals surface area contributed by atoms with E-state index in [0.717, 1.165) is 6.42 Å². The van der Waals surface area contributed by atoms with Crippen LogP contribution in [0.3, 0.4) is 0 Å².